The van der Waals surface area contributed by atoms with Crippen molar-refractivity contribution < 1.29 is 13.2 Å². The van der Waals surface area contributed by atoms with Crippen LogP contribution >= 0.6 is 10.7 Å². The molecule has 3 unspecified atom stereocenters. The van der Waals surface area contributed by atoms with Crippen LogP contribution in [0.4, 0.5) is 0 Å². The third-order valence-corrected chi connectivity index (χ3v) is 5.73. The number of carbonyl (C=O) groups is 1. The Hall–Kier alpha value is -1.08. The number of carbonyl (C=O) groups excluding carboxylic acids is 1. The zero-order valence-electron chi connectivity index (χ0n) is 12.3. The maximum absolute atomic E-state index is 12.3. The fourth-order valence-corrected chi connectivity index (χ4v) is 4.15. The number of rotatable bonds is 3. The zero-order chi connectivity index (χ0) is 15.8. The summed E-state index contributed by atoms with van der Waals surface area (Å²) in [4.78, 5) is 12.0. The van der Waals surface area contributed by atoms with Crippen molar-refractivity contribution >= 4 is 25.6 Å². The summed E-state index contributed by atoms with van der Waals surface area (Å²) < 4.78 is 23.1. The summed E-state index contributed by atoms with van der Waals surface area (Å²) >= 11 is 0. The highest BCUT2D eigenvalue weighted by Crippen LogP contribution is 2.29. The van der Waals surface area contributed by atoms with Gasteiger partial charge < -0.3 is 5.32 Å². The number of aromatic amines is 1. The molecule has 8 heteroatoms. The molecule has 21 heavy (non-hydrogen) atoms. The van der Waals surface area contributed by atoms with Crippen LogP contribution in [0.15, 0.2) is 4.90 Å². The van der Waals surface area contributed by atoms with Crippen LogP contribution in [0.5, 0.6) is 0 Å². The van der Waals surface area contributed by atoms with Crippen molar-refractivity contribution in [2.75, 3.05) is 0 Å². The molecule has 1 heterocycles. The Kier molecular flexibility index (Phi) is 4.63. The molecule has 1 aliphatic carbocycles. The normalized spacial score (nSPS) is 26.6. The van der Waals surface area contributed by atoms with Crippen LogP contribution in [0.1, 0.15) is 49.3 Å². The molecule has 1 aliphatic rings. The van der Waals surface area contributed by atoms with Gasteiger partial charge in [0.05, 0.1) is 5.69 Å². The van der Waals surface area contributed by atoms with Gasteiger partial charge in [-0.15, -0.1) is 0 Å². The van der Waals surface area contributed by atoms with Gasteiger partial charge in [0.25, 0.3) is 15.0 Å². The lowest BCUT2D eigenvalue weighted by Gasteiger charge is -2.32. The first-order chi connectivity index (χ1) is 9.70. The van der Waals surface area contributed by atoms with E-state index in [0.29, 0.717) is 11.8 Å². The quantitative estimate of drug-likeness (QED) is 0.829. The van der Waals surface area contributed by atoms with Gasteiger partial charge in [-0.1, -0.05) is 13.8 Å². The van der Waals surface area contributed by atoms with Gasteiger partial charge in [-0.3, -0.25) is 9.89 Å². The molecule has 0 spiro atoms. The van der Waals surface area contributed by atoms with E-state index in [1.54, 1.807) is 0 Å². The minimum absolute atomic E-state index is 0.0478. The van der Waals surface area contributed by atoms with Gasteiger partial charge in [0.15, 0.2) is 5.69 Å². The third kappa shape index (κ3) is 3.58. The fourth-order valence-electron chi connectivity index (χ4n) is 2.80. The average Bonchev–Trinajstić information content (AvgIpc) is 2.76. The summed E-state index contributed by atoms with van der Waals surface area (Å²) in [6.07, 6.45) is 2.83. The van der Waals surface area contributed by atoms with Gasteiger partial charge in [0.2, 0.25) is 0 Å². The van der Waals surface area contributed by atoms with Crippen molar-refractivity contribution in [1.82, 2.24) is 15.5 Å². The molecule has 0 aromatic carbocycles. The Morgan fingerprint density at radius 1 is 1.33 bits per heavy atom. The molecule has 1 aromatic heterocycles. The van der Waals surface area contributed by atoms with Gasteiger partial charge in [-0.2, -0.15) is 5.10 Å². The van der Waals surface area contributed by atoms with E-state index < -0.39 is 15.0 Å². The van der Waals surface area contributed by atoms with E-state index in [9.17, 15) is 13.2 Å². The number of amides is 1. The topological polar surface area (TPSA) is 91.9 Å². The van der Waals surface area contributed by atoms with Crippen LogP contribution in [-0.2, 0) is 9.05 Å². The Labute approximate surface area is 129 Å². The maximum Gasteiger partial charge on any atom is 0.273 e. The van der Waals surface area contributed by atoms with E-state index >= 15 is 0 Å². The van der Waals surface area contributed by atoms with Crippen LogP contribution in [0.25, 0.3) is 0 Å². The summed E-state index contributed by atoms with van der Waals surface area (Å²) in [6, 6.07) is 0.0478. The first kappa shape index (κ1) is 16.3. The molecular formula is C13H20ClN3O3S. The number of halogens is 1. The highest BCUT2D eigenvalue weighted by molar-refractivity contribution is 8.13. The van der Waals surface area contributed by atoms with E-state index in [0.717, 1.165) is 19.3 Å². The second-order valence-corrected chi connectivity index (χ2v) is 8.40. The van der Waals surface area contributed by atoms with Gasteiger partial charge in [0.1, 0.15) is 4.90 Å². The fraction of sp³-hybridized carbons (Fsp3) is 0.692. The van der Waals surface area contributed by atoms with Crippen molar-refractivity contribution in [3.05, 3.63) is 11.4 Å². The lowest BCUT2D eigenvalue weighted by Crippen LogP contribution is -2.40. The lowest BCUT2D eigenvalue weighted by atomic mass is 9.79. The minimum Gasteiger partial charge on any atom is -0.348 e. The van der Waals surface area contributed by atoms with Gasteiger partial charge in [-0.25, -0.2) is 8.42 Å². The molecule has 0 saturated heterocycles. The molecule has 0 bridgehead atoms. The predicted molar refractivity (Wildman–Crippen MR) is 79.8 cm³/mol. The third-order valence-electron chi connectivity index (χ3n) is 4.28. The Morgan fingerprint density at radius 3 is 2.57 bits per heavy atom. The SMILES string of the molecule is Cc1[nH]nc(C(=O)NC2CCC(C)C(C)C2)c1S(=O)(=O)Cl. The van der Waals surface area contributed by atoms with Crippen LogP contribution in [0.2, 0.25) is 0 Å². The van der Waals surface area contributed by atoms with E-state index in [1.165, 1.54) is 6.92 Å². The number of nitrogens with zero attached hydrogens (tertiary/aromatic N) is 1. The monoisotopic (exact) mass is 333 g/mol. The van der Waals surface area contributed by atoms with E-state index in [1.807, 2.05) is 0 Å². The van der Waals surface area contributed by atoms with Crippen LogP contribution in [0.3, 0.4) is 0 Å². The summed E-state index contributed by atoms with van der Waals surface area (Å²) in [7, 11) is 1.36. The Bertz CT molecular complexity index is 641. The second-order valence-electron chi connectivity index (χ2n) is 5.90. The number of nitrogens with one attached hydrogen (secondary N) is 2. The zero-order valence-corrected chi connectivity index (χ0v) is 13.9. The van der Waals surface area contributed by atoms with Gasteiger partial charge in [-0.05, 0) is 38.0 Å². The van der Waals surface area contributed by atoms with Crippen molar-refractivity contribution in [2.45, 2.75) is 51.0 Å². The average molecular weight is 334 g/mol. The molecule has 1 fully saturated rings. The van der Waals surface area contributed by atoms with E-state index in [2.05, 4.69) is 29.4 Å². The van der Waals surface area contributed by atoms with Crippen molar-refractivity contribution in [3.63, 3.8) is 0 Å². The van der Waals surface area contributed by atoms with E-state index in [-0.39, 0.29) is 22.3 Å². The van der Waals surface area contributed by atoms with Crippen LogP contribution in [-0.4, -0.2) is 30.6 Å². The summed E-state index contributed by atoms with van der Waals surface area (Å²) in [5.74, 6) is 0.677. The molecule has 1 amide bonds. The predicted octanol–water partition coefficient (Wildman–Crippen LogP) is 2.20. The molecule has 118 valence electrons. The lowest BCUT2D eigenvalue weighted by molar-refractivity contribution is 0.0902. The molecule has 6 nitrogen and oxygen atoms in total. The van der Waals surface area contributed by atoms with Crippen LogP contribution in [0, 0.1) is 18.8 Å². The Morgan fingerprint density at radius 2 is 2.00 bits per heavy atom. The maximum atomic E-state index is 12.3. The van der Waals surface area contributed by atoms with Crippen LogP contribution < -0.4 is 5.32 Å². The molecule has 0 aliphatic heterocycles. The molecular weight excluding hydrogens is 314 g/mol. The molecule has 1 saturated carbocycles. The van der Waals surface area contributed by atoms with Gasteiger partial charge in [0, 0.05) is 16.7 Å². The molecule has 3 atom stereocenters. The molecule has 1 aromatic rings. The Balaban J connectivity index is 2.15. The standard InChI is InChI=1S/C13H20ClN3O3S/c1-7-4-5-10(6-8(7)2)15-13(18)11-12(21(14,19)20)9(3)16-17-11/h7-8,10H,4-6H2,1-3H3,(H,15,18)(H,16,17). The number of hydrogen-bond acceptors (Lipinski definition) is 4. The highest BCUT2D eigenvalue weighted by atomic mass is 35.7. The number of aromatic nitrogens is 2. The van der Waals surface area contributed by atoms with Crippen molar-refractivity contribution in [2.24, 2.45) is 11.8 Å². The highest BCUT2D eigenvalue weighted by Gasteiger charge is 2.30. The minimum atomic E-state index is -4.01. The summed E-state index contributed by atoms with van der Waals surface area (Å²) in [5, 5.41) is 9.15. The number of H-pyrrole nitrogens is 1. The first-order valence-electron chi connectivity index (χ1n) is 7.00. The largest absolute Gasteiger partial charge is 0.348 e. The number of hydrogen-bond donors (Lipinski definition) is 2. The second kappa shape index (κ2) is 5.96. The van der Waals surface area contributed by atoms with Crippen molar-refractivity contribution in [1.29, 1.82) is 0 Å². The smallest absolute Gasteiger partial charge is 0.273 e. The molecule has 2 rings (SSSR count). The van der Waals surface area contributed by atoms with Crippen molar-refractivity contribution in [3.8, 4) is 0 Å². The molecule has 0 radical (unpaired) electrons. The van der Waals surface area contributed by atoms with Gasteiger partial charge >= 0.3 is 0 Å². The molecule has 2 N–H and O–H groups in total. The van der Waals surface area contributed by atoms with E-state index in [4.69, 9.17) is 10.7 Å². The summed E-state index contributed by atoms with van der Waals surface area (Å²) in [6.45, 7) is 5.89. The number of aryl methyl sites for hydroxylation is 1. The first-order valence-corrected chi connectivity index (χ1v) is 9.31. The summed E-state index contributed by atoms with van der Waals surface area (Å²) in [5.41, 5.74) is 0.106.